The molecule has 1 unspecified atom stereocenters. The summed E-state index contributed by atoms with van der Waals surface area (Å²) in [6.07, 6.45) is -0.0726. The van der Waals surface area contributed by atoms with E-state index in [9.17, 15) is 14.4 Å². The minimum atomic E-state index is -1.39. The standard InChI is InChI=1S/C13H13NO5/c15-11(16)6-10(13(18)19)14-12(17)9-5-7-3-1-2-4-8(7)9/h1-4,9-10H,5-6H2,(H,14,17)(H,15,16)(H,18,19)/t9?,10-/m1/s1. The number of carbonyl (C=O) groups excluding carboxylic acids is 1. The van der Waals surface area contributed by atoms with E-state index in [1.54, 1.807) is 0 Å². The Labute approximate surface area is 109 Å². The van der Waals surface area contributed by atoms with Gasteiger partial charge in [-0.25, -0.2) is 4.79 Å². The third-order valence-corrected chi connectivity index (χ3v) is 3.16. The number of hydrogen-bond acceptors (Lipinski definition) is 3. The topological polar surface area (TPSA) is 104 Å². The molecule has 0 saturated carbocycles. The van der Waals surface area contributed by atoms with Gasteiger partial charge in [0.05, 0.1) is 12.3 Å². The summed E-state index contributed by atoms with van der Waals surface area (Å²) in [6.45, 7) is 0. The van der Waals surface area contributed by atoms with Crippen molar-refractivity contribution in [3.63, 3.8) is 0 Å². The van der Waals surface area contributed by atoms with Crippen LogP contribution in [0.1, 0.15) is 23.5 Å². The molecule has 6 nitrogen and oxygen atoms in total. The Bertz CT molecular complexity index is 540. The first-order chi connectivity index (χ1) is 8.99. The molecule has 0 aliphatic heterocycles. The van der Waals surface area contributed by atoms with Crippen LogP contribution in [-0.4, -0.2) is 34.1 Å². The summed E-state index contributed by atoms with van der Waals surface area (Å²) in [4.78, 5) is 33.3. The summed E-state index contributed by atoms with van der Waals surface area (Å²) in [7, 11) is 0. The van der Waals surface area contributed by atoms with E-state index < -0.39 is 30.3 Å². The van der Waals surface area contributed by atoms with Gasteiger partial charge in [0.15, 0.2) is 0 Å². The summed E-state index contributed by atoms with van der Waals surface area (Å²) in [5, 5.41) is 19.7. The van der Waals surface area contributed by atoms with E-state index in [4.69, 9.17) is 10.2 Å². The summed E-state index contributed by atoms with van der Waals surface area (Å²) < 4.78 is 0. The van der Waals surface area contributed by atoms with E-state index >= 15 is 0 Å². The second kappa shape index (κ2) is 5.09. The van der Waals surface area contributed by atoms with Crippen molar-refractivity contribution in [2.24, 2.45) is 0 Å². The molecule has 0 saturated heterocycles. The maximum absolute atomic E-state index is 11.9. The number of aliphatic carboxylic acids is 2. The predicted octanol–water partition coefficient (Wildman–Crippen LogP) is 0.370. The minimum Gasteiger partial charge on any atom is -0.481 e. The number of nitrogens with one attached hydrogen (secondary N) is 1. The monoisotopic (exact) mass is 263 g/mol. The first-order valence-electron chi connectivity index (χ1n) is 5.82. The van der Waals surface area contributed by atoms with Crippen molar-refractivity contribution >= 4 is 17.8 Å². The van der Waals surface area contributed by atoms with Gasteiger partial charge in [-0.3, -0.25) is 9.59 Å². The molecule has 1 aliphatic carbocycles. The van der Waals surface area contributed by atoms with Gasteiger partial charge in [0.2, 0.25) is 5.91 Å². The Morgan fingerprint density at radius 2 is 1.95 bits per heavy atom. The summed E-state index contributed by atoms with van der Waals surface area (Å²) >= 11 is 0. The molecule has 0 fully saturated rings. The molecular formula is C13H13NO5. The third kappa shape index (κ3) is 2.73. The van der Waals surface area contributed by atoms with Crippen LogP contribution in [0.25, 0.3) is 0 Å². The van der Waals surface area contributed by atoms with Crippen molar-refractivity contribution < 1.29 is 24.6 Å². The van der Waals surface area contributed by atoms with E-state index in [0.29, 0.717) is 6.42 Å². The van der Waals surface area contributed by atoms with Crippen LogP contribution < -0.4 is 5.32 Å². The largest absolute Gasteiger partial charge is 0.481 e. The number of carbonyl (C=O) groups is 3. The summed E-state index contributed by atoms with van der Waals surface area (Å²) in [5.41, 5.74) is 1.94. The molecule has 0 radical (unpaired) electrons. The molecule has 0 heterocycles. The zero-order valence-corrected chi connectivity index (χ0v) is 10.00. The second-order valence-electron chi connectivity index (χ2n) is 4.45. The van der Waals surface area contributed by atoms with E-state index in [0.717, 1.165) is 11.1 Å². The molecule has 0 spiro atoms. The van der Waals surface area contributed by atoms with Gasteiger partial charge in [0.25, 0.3) is 0 Å². The lowest BCUT2D eigenvalue weighted by molar-refractivity contribution is -0.147. The highest BCUT2D eigenvalue weighted by Gasteiger charge is 2.34. The zero-order valence-electron chi connectivity index (χ0n) is 10.00. The van der Waals surface area contributed by atoms with Gasteiger partial charge in [-0.1, -0.05) is 24.3 Å². The highest BCUT2D eigenvalue weighted by atomic mass is 16.4. The van der Waals surface area contributed by atoms with Crippen LogP contribution in [0.4, 0.5) is 0 Å². The quantitative estimate of drug-likeness (QED) is 0.712. The number of carboxylic acids is 2. The van der Waals surface area contributed by atoms with Crippen LogP contribution in [0.2, 0.25) is 0 Å². The SMILES string of the molecule is O=C(O)C[C@@H](NC(=O)C1Cc2ccccc21)C(=O)O. The molecule has 0 aromatic heterocycles. The van der Waals surface area contributed by atoms with Gasteiger partial charge in [0, 0.05) is 0 Å². The molecule has 19 heavy (non-hydrogen) atoms. The normalized spacial score (nSPS) is 17.8. The lowest BCUT2D eigenvalue weighted by atomic mass is 9.77. The Morgan fingerprint density at radius 3 is 2.53 bits per heavy atom. The Balaban J connectivity index is 2.02. The molecule has 2 atom stereocenters. The smallest absolute Gasteiger partial charge is 0.326 e. The Morgan fingerprint density at radius 1 is 1.26 bits per heavy atom. The molecule has 2 rings (SSSR count). The second-order valence-corrected chi connectivity index (χ2v) is 4.45. The molecule has 1 aromatic carbocycles. The fraction of sp³-hybridized carbons (Fsp3) is 0.308. The first-order valence-corrected chi connectivity index (χ1v) is 5.82. The average Bonchev–Trinajstić information content (AvgIpc) is 2.29. The molecule has 1 amide bonds. The summed E-state index contributed by atoms with van der Waals surface area (Å²) in [5.74, 6) is -3.43. The average molecular weight is 263 g/mol. The summed E-state index contributed by atoms with van der Waals surface area (Å²) in [6, 6.07) is 6.01. The van der Waals surface area contributed by atoms with Crippen molar-refractivity contribution in [1.82, 2.24) is 5.32 Å². The first kappa shape index (κ1) is 13.1. The minimum absolute atomic E-state index is 0.383. The van der Waals surface area contributed by atoms with E-state index in [2.05, 4.69) is 5.32 Å². The fourth-order valence-electron chi connectivity index (χ4n) is 2.14. The van der Waals surface area contributed by atoms with Crippen molar-refractivity contribution in [2.75, 3.05) is 0 Å². The van der Waals surface area contributed by atoms with Gasteiger partial charge in [-0.2, -0.15) is 0 Å². The number of hydrogen-bond donors (Lipinski definition) is 3. The van der Waals surface area contributed by atoms with Crippen LogP contribution in [0.3, 0.4) is 0 Å². The Hall–Kier alpha value is -2.37. The van der Waals surface area contributed by atoms with Crippen LogP contribution in [0.15, 0.2) is 24.3 Å². The number of fused-ring (bicyclic) bond motifs is 1. The van der Waals surface area contributed by atoms with Crippen LogP contribution in [0, 0.1) is 0 Å². The molecular weight excluding hydrogens is 250 g/mol. The molecule has 1 aromatic rings. The van der Waals surface area contributed by atoms with E-state index in [1.165, 1.54) is 0 Å². The number of amides is 1. The van der Waals surface area contributed by atoms with Gasteiger partial charge in [-0.15, -0.1) is 0 Å². The van der Waals surface area contributed by atoms with Crippen molar-refractivity contribution in [3.05, 3.63) is 35.4 Å². The molecule has 100 valence electrons. The van der Waals surface area contributed by atoms with Crippen LogP contribution >= 0.6 is 0 Å². The van der Waals surface area contributed by atoms with Crippen LogP contribution in [-0.2, 0) is 20.8 Å². The lowest BCUT2D eigenvalue weighted by Gasteiger charge is -2.29. The van der Waals surface area contributed by atoms with Crippen molar-refractivity contribution in [3.8, 4) is 0 Å². The maximum Gasteiger partial charge on any atom is 0.326 e. The van der Waals surface area contributed by atoms with Crippen LogP contribution in [0.5, 0.6) is 0 Å². The zero-order chi connectivity index (χ0) is 14.0. The third-order valence-electron chi connectivity index (χ3n) is 3.16. The highest BCUT2D eigenvalue weighted by molar-refractivity contribution is 5.91. The lowest BCUT2D eigenvalue weighted by Crippen LogP contribution is -2.46. The molecule has 1 aliphatic rings. The van der Waals surface area contributed by atoms with E-state index in [-0.39, 0.29) is 5.92 Å². The van der Waals surface area contributed by atoms with Gasteiger partial charge >= 0.3 is 11.9 Å². The fourth-order valence-corrected chi connectivity index (χ4v) is 2.14. The van der Waals surface area contributed by atoms with Gasteiger partial charge in [-0.05, 0) is 17.5 Å². The molecule has 0 bridgehead atoms. The molecule has 6 heteroatoms. The highest BCUT2D eigenvalue weighted by Crippen LogP contribution is 2.34. The van der Waals surface area contributed by atoms with Gasteiger partial charge in [0.1, 0.15) is 6.04 Å². The van der Waals surface area contributed by atoms with E-state index in [1.807, 2.05) is 24.3 Å². The van der Waals surface area contributed by atoms with Crippen molar-refractivity contribution in [1.29, 1.82) is 0 Å². The number of rotatable bonds is 5. The van der Waals surface area contributed by atoms with Crippen molar-refractivity contribution in [2.45, 2.75) is 24.8 Å². The Kier molecular flexibility index (Phi) is 3.50. The number of carboxylic acid groups (broad SMARTS) is 2. The van der Waals surface area contributed by atoms with Gasteiger partial charge < -0.3 is 15.5 Å². The molecule has 3 N–H and O–H groups in total. The maximum atomic E-state index is 11.9. The number of benzene rings is 1. The predicted molar refractivity (Wildman–Crippen MR) is 64.7 cm³/mol.